The van der Waals surface area contributed by atoms with E-state index < -0.39 is 4.92 Å². The van der Waals surface area contributed by atoms with Gasteiger partial charge in [0, 0.05) is 45.0 Å². The van der Waals surface area contributed by atoms with Crippen molar-refractivity contribution in [3.05, 3.63) is 103 Å². The van der Waals surface area contributed by atoms with Crippen LogP contribution in [0.25, 0.3) is 28.5 Å². The summed E-state index contributed by atoms with van der Waals surface area (Å²) >= 11 is 1.56. The predicted octanol–water partition coefficient (Wildman–Crippen LogP) is 8.48. The molecule has 0 aliphatic carbocycles. The van der Waals surface area contributed by atoms with Crippen molar-refractivity contribution in [1.29, 1.82) is 0 Å². The smallest absolute Gasteiger partial charge is 0.269 e. The first-order chi connectivity index (χ1) is 21.1. The van der Waals surface area contributed by atoms with E-state index in [1.54, 1.807) is 35.6 Å². The van der Waals surface area contributed by atoms with Crippen molar-refractivity contribution in [3.8, 4) is 28.4 Å². The molecule has 0 saturated heterocycles. The van der Waals surface area contributed by atoms with Crippen molar-refractivity contribution in [2.24, 2.45) is 5.16 Å². The summed E-state index contributed by atoms with van der Waals surface area (Å²) in [7, 11) is 1.54. The third kappa shape index (κ3) is 5.28. The summed E-state index contributed by atoms with van der Waals surface area (Å²) in [6, 6.07) is 15.6. The lowest BCUT2D eigenvalue weighted by Crippen LogP contribution is -2.32. The Labute approximate surface area is 258 Å². The van der Waals surface area contributed by atoms with Gasteiger partial charge in [-0.25, -0.2) is 0 Å². The number of hydrogen-bond acceptors (Lipinski definition) is 9. The van der Waals surface area contributed by atoms with Crippen LogP contribution in [0.4, 0.5) is 11.4 Å². The number of nitrogens with zero attached hydrogens (tertiary/aromatic N) is 2. The number of methoxy groups -OCH3 is 1. The number of allylic oxidation sites excluding steroid dienone is 1. The van der Waals surface area contributed by atoms with Gasteiger partial charge in [0.15, 0.2) is 11.5 Å². The molecule has 2 N–H and O–H groups in total. The molecule has 224 valence electrons. The number of anilines is 1. The van der Waals surface area contributed by atoms with Crippen molar-refractivity contribution in [3.63, 3.8) is 0 Å². The molecule has 1 aromatic heterocycles. The Morgan fingerprint density at radius 1 is 1.11 bits per heavy atom. The van der Waals surface area contributed by atoms with Gasteiger partial charge in [0.05, 0.1) is 28.8 Å². The molecular weight excluding hydrogens is 578 g/mol. The highest BCUT2D eigenvalue weighted by molar-refractivity contribution is 7.11. The number of rotatable bonds is 7. The largest absolute Gasteiger partial charge is 0.504 e. The third-order valence-electron chi connectivity index (χ3n) is 7.60. The molecule has 0 unspecified atom stereocenters. The number of fused-ring (bicyclic) bond motifs is 5. The van der Waals surface area contributed by atoms with E-state index in [0.29, 0.717) is 28.5 Å². The minimum Gasteiger partial charge on any atom is -0.504 e. The first-order valence-electron chi connectivity index (χ1n) is 14.0. The molecule has 0 fully saturated rings. The van der Waals surface area contributed by atoms with Crippen molar-refractivity contribution in [1.82, 2.24) is 0 Å². The highest BCUT2D eigenvalue weighted by atomic mass is 32.1. The van der Waals surface area contributed by atoms with Gasteiger partial charge < -0.3 is 24.7 Å². The van der Waals surface area contributed by atoms with Crippen molar-refractivity contribution in [2.75, 3.05) is 12.4 Å². The van der Waals surface area contributed by atoms with E-state index in [0.717, 1.165) is 44.0 Å². The van der Waals surface area contributed by atoms with Crippen LogP contribution in [0.2, 0.25) is 0 Å². The SMILES string of the molecule is COc1c(O)ccc2c1-c1ccc3c(c1/C(=C/c1sccc1/C(C)=N\OCc1ccc([N+](=O)[O-])cc1)O2)C(C)=CC(C)(C)N3. The second-order valence-corrected chi connectivity index (χ2v) is 12.2. The lowest BCUT2D eigenvalue weighted by atomic mass is 9.83. The Morgan fingerprint density at radius 3 is 2.61 bits per heavy atom. The Morgan fingerprint density at radius 2 is 1.89 bits per heavy atom. The summed E-state index contributed by atoms with van der Waals surface area (Å²) < 4.78 is 12.2. The number of hydrogen-bond donors (Lipinski definition) is 2. The number of nitro groups is 1. The molecule has 0 bridgehead atoms. The number of aromatic hydroxyl groups is 1. The molecule has 0 amide bonds. The molecule has 2 aliphatic rings. The number of thiophene rings is 1. The first kappa shape index (κ1) is 29.0. The van der Waals surface area contributed by atoms with Crippen LogP contribution in [-0.2, 0) is 11.4 Å². The molecule has 6 rings (SSSR count). The van der Waals surface area contributed by atoms with Gasteiger partial charge in [0.1, 0.15) is 18.1 Å². The molecule has 4 aromatic rings. The topological polar surface area (TPSA) is 115 Å². The lowest BCUT2D eigenvalue weighted by Gasteiger charge is -2.35. The number of phenols is 1. The fourth-order valence-corrected chi connectivity index (χ4v) is 6.63. The molecule has 2 aliphatic heterocycles. The molecule has 3 heterocycles. The van der Waals surface area contributed by atoms with E-state index >= 15 is 0 Å². The van der Waals surface area contributed by atoms with Gasteiger partial charge in [-0.1, -0.05) is 17.3 Å². The van der Waals surface area contributed by atoms with Crippen LogP contribution < -0.4 is 14.8 Å². The van der Waals surface area contributed by atoms with Crippen LogP contribution >= 0.6 is 11.3 Å². The number of nitro benzene ring substituents is 1. The normalized spacial score (nSPS) is 15.7. The standard InChI is InChI=1S/C34H31N3O6S/c1-19-17-34(3,4)35-25-11-10-24-31(30(19)25)28(43-27-13-12-26(38)33(41-5)32(24)27)16-29-23(14-15-44-29)20(2)36-42-18-21-6-8-22(9-7-21)37(39)40/h6-17,35,38H,18H2,1-5H3/b28-16-,36-20-. The molecular formula is C34H31N3O6S. The summed E-state index contributed by atoms with van der Waals surface area (Å²) in [6.07, 6.45) is 4.22. The molecule has 9 nitrogen and oxygen atoms in total. The van der Waals surface area contributed by atoms with Crippen LogP contribution in [0.5, 0.6) is 17.2 Å². The van der Waals surface area contributed by atoms with Crippen LogP contribution in [0.15, 0.2) is 71.2 Å². The fourth-order valence-electron chi connectivity index (χ4n) is 5.77. The van der Waals surface area contributed by atoms with Crippen molar-refractivity contribution < 1.29 is 24.3 Å². The van der Waals surface area contributed by atoms with Crippen LogP contribution in [0, 0.1) is 10.1 Å². The zero-order chi connectivity index (χ0) is 31.2. The van der Waals surface area contributed by atoms with E-state index in [2.05, 4.69) is 43.4 Å². The summed E-state index contributed by atoms with van der Waals surface area (Å²) in [5.74, 6) is 1.64. The molecule has 10 heteroatoms. The maximum atomic E-state index is 10.9. The van der Waals surface area contributed by atoms with Gasteiger partial charge in [0.2, 0.25) is 0 Å². The Balaban J connectivity index is 1.40. The van der Waals surface area contributed by atoms with E-state index in [-0.39, 0.29) is 23.6 Å². The average molecular weight is 610 g/mol. The van der Waals surface area contributed by atoms with Crippen molar-refractivity contribution in [2.45, 2.75) is 39.8 Å². The number of non-ortho nitro benzene ring substituents is 1. The minimum absolute atomic E-state index is 0.0280. The van der Waals surface area contributed by atoms with E-state index in [9.17, 15) is 15.2 Å². The summed E-state index contributed by atoms with van der Waals surface area (Å²) in [4.78, 5) is 17.0. The molecule has 3 aromatic carbocycles. The van der Waals surface area contributed by atoms with Crippen LogP contribution in [-0.4, -0.2) is 28.4 Å². The number of oxime groups is 1. The zero-order valence-corrected chi connectivity index (χ0v) is 25.7. The van der Waals surface area contributed by atoms with Gasteiger partial charge in [-0.15, -0.1) is 11.3 Å². The van der Waals surface area contributed by atoms with Gasteiger partial charge in [-0.2, -0.15) is 0 Å². The quantitative estimate of drug-likeness (QED) is 0.123. The number of phenolic OH excluding ortho intramolecular Hbond substituents is 1. The second kappa shape index (κ2) is 11.2. The van der Waals surface area contributed by atoms with E-state index in [1.165, 1.54) is 19.2 Å². The van der Waals surface area contributed by atoms with E-state index in [1.807, 2.05) is 30.5 Å². The summed E-state index contributed by atoms with van der Waals surface area (Å²) in [5, 5.41) is 31.5. The maximum Gasteiger partial charge on any atom is 0.269 e. The number of ether oxygens (including phenoxy) is 2. The summed E-state index contributed by atoms with van der Waals surface area (Å²) in [5.41, 5.74) is 7.78. The molecule has 44 heavy (non-hydrogen) atoms. The highest BCUT2D eigenvalue weighted by Gasteiger charge is 2.33. The third-order valence-corrected chi connectivity index (χ3v) is 8.46. The lowest BCUT2D eigenvalue weighted by molar-refractivity contribution is -0.384. The fraction of sp³-hybridized carbons (Fsp3) is 0.206. The monoisotopic (exact) mass is 609 g/mol. The second-order valence-electron chi connectivity index (χ2n) is 11.3. The van der Waals surface area contributed by atoms with Gasteiger partial charge in [0.25, 0.3) is 5.69 Å². The van der Waals surface area contributed by atoms with Crippen molar-refractivity contribution >= 4 is 45.8 Å². The molecule has 0 atom stereocenters. The van der Waals surface area contributed by atoms with Crippen LogP contribution in [0.3, 0.4) is 0 Å². The molecule has 0 radical (unpaired) electrons. The molecule has 0 saturated carbocycles. The Bertz CT molecular complexity index is 1890. The van der Waals surface area contributed by atoms with Gasteiger partial charge in [-0.3, -0.25) is 10.1 Å². The Kier molecular flexibility index (Phi) is 7.38. The average Bonchev–Trinajstić information content (AvgIpc) is 3.45. The van der Waals surface area contributed by atoms with Gasteiger partial charge in [-0.05, 0) is 86.7 Å². The summed E-state index contributed by atoms with van der Waals surface area (Å²) in [6.45, 7) is 8.42. The van der Waals surface area contributed by atoms with Crippen LogP contribution in [0.1, 0.15) is 54.8 Å². The first-order valence-corrected chi connectivity index (χ1v) is 14.9. The minimum atomic E-state index is -0.433. The zero-order valence-electron chi connectivity index (χ0n) is 24.9. The molecule has 0 spiro atoms. The highest BCUT2D eigenvalue weighted by Crippen LogP contribution is 2.54. The number of nitrogens with one attached hydrogen (secondary N) is 1. The van der Waals surface area contributed by atoms with Gasteiger partial charge >= 0.3 is 0 Å². The van der Waals surface area contributed by atoms with E-state index in [4.69, 9.17) is 14.3 Å². The predicted molar refractivity (Wildman–Crippen MR) is 174 cm³/mol. The Hall–Kier alpha value is -5.09. The number of benzene rings is 3. The maximum absolute atomic E-state index is 10.9.